The van der Waals surface area contributed by atoms with Gasteiger partial charge in [0.1, 0.15) is 0 Å². The third-order valence-corrected chi connectivity index (χ3v) is 3.44. The molecular weight excluding hydrogens is 277 g/mol. The molecule has 0 aromatic carbocycles. The minimum Gasteiger partial charge on any atom is -0.359 e. The molecule has 1 unspecified atom stereocenters. The summed E-state index contributed by atoms with van der Waals surface area (Å²) in [7, 11) is 1.63. The molecule has 1 atom stereocenters. The van der Waals surface area contributed by atoms with Crippen LogP contribution in [0.3, 0.4) is 0 Å². The number of carbonyl (C=O) groups excluding carboxylic acids is 1. The zero-order valence-electron chi connectivity index (χ0n) is 10.1. The van der Waals surface area contributed by atoms with Gasteiger partial charge < -0.3 is 10.2 Å². The minimum absolute atomic E-state index is 0.0104. The van der Waals surface area contributed by atoms with Gasteiger partial charge in [0.05, 0.1) is 5.41 Å². The quantitative estimate of drug-likeness (QED) is 0.884. The molecule has 1 aromatic heterocycles. The van der Waals surface area contributed by atoms with Gasteiger partial charge in [-0.25, -0.2) is 0 Å². The van der Waals surface area contributed by atoms with Crippen LogP contribution in [-0.4, -0.2) is 41.0 Å². The summed E-state index contributed by atoms with van der Waals surface area (Å²) in [5, 5.41) is 2.78. The van der Waals surface area contributed by atoms with Gasteiger partial charge in [0.15, 0.2) is 0 Å². The number of nitrogens with zero attached hydrogens (tertiary/aromatic N) is 4. The second-order valence-corrected chi connectivity index (χ2v) is 5.16. The standard InChI is InChI=1S/C10H13Cl2N5O/c1-10(6(18)13-2)3-4-17(5-10)9-15-7(11)14-8(12)16-9/h3-5H2,1-2H3,(H,13,18). The van der Waals surface area contributed by atoms with E-state index in [4.69, 9.17) is 23.2 Å². The van der Waals surface area contributed by atoms with Crippen LogP contribution in [0.1, 0.15) is 13.3 Å². The Hall–Kier alpha value is -1.14. The Morgan fingerprint density at radius 2 is 1.94 bits per heavy atom. The van der Waals surface area contributed by atoms with Crippen molar-refractivity contribution in [1.82, 2.24) is 20.3 Å². The van der Waals surface area contributed by atoms with E-state index < -0.39 is 5.41 Å². The second-order valence-electron chi connectivity index (χ2n) is 4.48. The molecule has 1 aliphatic heterocycles. The third-order valence-electron chi connectivity index (χ3n) is 3.10. The fourth-order valence-corrected chi connectivity index (χ4v) is 2.43. The molecule has 2 heterocycles. The monoisotopic (exact) mass is 289 g/mol. The van der Waals surface area contributed by atoms with Crippen LogP contribution in [0, 0.1) is 5.41 Å². The maximum absolute atomic E-state index is 11.8. The van der Waals surface area contributed by atoms with Crippen LogP contribution in [0.4, 0.5) is 5.95 Å². The van der Waals surface area contributed by atoms with Gasteiger partial charge in [-0.15, -0.1) is 0 Å². The predicted octanol–water partition coefficient (Wildman–Crippen LogP) is 1.14. The first-order valence-electron chi connectivity index (χ1n) is 5.49. The fraction of sp³-hybridized carbons (Fsp3) is 0.600. The van der Waals surface area contributed by atoms with Crippen molar-refractivity contribution in [3.8, 4) is 0 Å². The van der Waals surface area contributed by atoms with Gasteiger partial charge in [-0.2, -0.15) is 15.0 Å². The van der Waals surface area contributed by atoms with E-state index >= 15 is 0 Å². The lowest BCUT2D eigenvalue weighted by molar-refractivity contribution is -0.128. The number of carbonyl (C=O) groups is 1. The highest BCUT2D eigenvalue weighted by atomic mass is 35.5. The molecule has 0 spiro atoms. The van der Waals surface area contributed by atoms with Gasteiger partial charge in [-0.1, -0.05) is 0 Å². The molecule has 0 saturated carbocycles. The van der Waals surface area contributed by atoms with Gasteiger partial charge in [-0.3, -0.25) is 4.79 Å². The number of aromatic nitrogens is 3. The summed E-state index contributed by atoms with van der Waals surface area (Å²) in [4.78, 5) is 25.4. The van der Waals surface area contributed by atoms with Gasteiger partial charge >= 0.3 is 0 Å². The highest BCUT2D eigenvalue weighted by Crippen LogP contribution is 2.32. The van der Waals surface area contributed by atoms with Crippen molar-refractivity contribution < 1.29 is 4.79 Å². The number of rotatable bonds is 2. The van der Waals surface area contributed by atoms with Crippen LogP contribution in [0.15, 0.2) is 0 Å². The van der Waals surface area contributed by atoms with Crippen LogP contribution in [0.5, 0.6) is 0 Å². The molecule has 98 valence electrons. The highest BCUT2D eigenvalue weighted by Gasteiger charge is 2.40. The van der Waals surface area contributed by atoms with E-state index in [1.54, 1.807) is 7.05 Å². The summed E-state index contributed by atoms with van der Waals surface area (Å²) in [6.45, 7) is 3.13. The Bertz CT molecular complexity index is 463. The molecule has 0 radical (unpaired) electrons. The number of nitrogens with one attached hydrogen (secondary N) is 1. The molecule has 6 nitrogen and oxygen atoms in total. The van der Waals surface area contributed by atoms with Crippen LogP contribution >= 0.6 is 23.2 Å². The largest absolute Gasteiger partial charge is 0.359 e. The molecule has 0 bridgehead atoms. The van der Waals surface area contributed by atoms with E-state index in [-0.39, 0.29) is 16.5 Å². The van der Waals surface area contributed by atoms with Crippen molar-refractivity contribution in [3.63, 3.8) is 0 Å². The normalized spacial score (nSPS) is 23.2. The molecule has 0 aliphatic carbocycles. The van der Waals surface area contributed by atoms with Gasteiger partial charge in [-0.05, 0) is 36.5 Å². The maximum Gasteiger partial charge on any atom is 0.230 e. The van der Waals surface area contributed by atoms with Crippen molar-refractivity contribution in [1.29, 1.82) is 0 Å². The molecule has 1 N–H and O–H groups in total. The third kappa shape index (κ3) is 2.49. The molecular formula is C10H13Cl2N5O. The number of anilines is 1. The van der Waals surface area contributed by atoms with Crippen LogP contribution in [0.2, 0.25) is 10.6 Å². The van der Waals surface area contributed by atoms with E-state index in [1.807, 2.05) is 11.8 Å². The van der Waals surface area contributed by atoms with Crippen molar-refractivity contribution in [2.75, 3.05) is 25.0 Å². The Morgan fingerprint density at radius 3 is 2.50 bits per heavy atom. The molecule has 2 rings (SSSR count). The zero-order valence-corrected chi connectivity index (χ0v) is 11.6. The summed E-state index contributed by atoms with van der Waals surface area (Å²) in [6.07, 6.45) is 0.730. The Labute approximate surface area is 115 Å². The van der Waals surface area contributed by atoms with Gasteiger partial charge in [0, 0.05) is 20.1 Å². The predicted molar refractivity (Wildman–Crippen MR) is 68.9 cm³/mol. The van der Waals surface area contributed by atoms with E-state index in [2.05, 4.69) is 20.3 Å². The zero-order chi connectivity index (χ0) is 13.3. The molecule has 8 heteroatoms. The average molecular weight is 290 g/mol. The van der Waals surface area contributed by atoms with Gasteiger partial charge in [0.2, 0.25) is 22.4 Å². The van der Waals surface area contributed by atoms with Crippen molar-refractivity contribution in [3.05, 3.63) is 10.6 Å². The second kappa shape index (κ2) is 4.85. The van der Waals surface area contributed by atoms with Gasteiger partial charge in [0.25, 0.3) is 0 Å². The van der Waals surface area contributed by atoms with Crippen LogP contribution in [0.25, 0.3) is 0 Å². The lowest BCUT2D eigenvalue weighted by Gasteiger charge is -2.22. The smallest absolute Gasteiger partial charge is 0.230 e. The summed E-state index contributed by atoms with van der Waals surface area (Å²) in [5.74, 6) is 0.420. The summed E-state index contributed by atoms with van der Waals surface area (Å²) in [6, 6.07) is 0. The SMILES string of the molecule is CNC(=O)C1(C)CCN(c2nc(Cl)nc(Cl)n2)C1. The first-order chi connectivity index (χ1) is 8.44. The molecule has 1 amide bonds. The van der Waals surface area contributed by atoms with Crippen molar-refractivity contribution in [2.24, 2.45) is 5.41 Å². The lowest BCUT2D eigenvalue weighted by atomic mass is 9.89. The molecule has 1 aromatic rings. The molecule has 1 aliphatic rings. The number of amides is 1. The number of hydrogen-bond donors (Lipinski definition) is 1. The average Bonchev–Trinajstić information content (AvgIpc) is 2.71. The molecule has 1 fully saturated rings. The minimum atomic E-state index is -0.444. The summed E-state index contributed by atoms with van der Waals surface area (Å²) < 4.78 is 0. The van der Waals surface area contributed by atoms with Crippen LogP contribution in [-0.2, 0) is 4.79 Å². The molecule has 18 heavy (non-hydrogen) atoms. The Morgan fingerprint density at radius 1 is 1.33 bits per heavy atom. The van der Waals surface area contributed by atoms with E-state index in [9.17, 15) is 4.79 Å². The highest BCUT2D eigenvalue weighted by molar-refractivity contribution is 6.31. The Balaban J connectivity index is 2.20. The summed E-state index contributed by atoms with van der Waals surface area (Å²) >= 11 is 11.5. The maximum atomic E-state index is 11.8. The van der Waals surface area contributed by atoms with E-state index in [0.717, 1.165) is 6.42 Å². The van der Waals surface area contributed by atoms with Crippen LogP contribution < -0.4 is 10.2 Å². The first kappa shape index (κ1) is 13.3. The number of hydrogen-bond acceptors (Lipinski definition) is 5. The fourth-order valence-electron chi connectivity index (χ4n) is 2.08. The molecule has 1 saturated heterocycles. The topological polar surface area (TPSA) is 71.0 Å². The van der Waals surface area contributed by atoms with E-state index in [0.29, 0.717) is 19.0 Å². The first-order valence-corrected chi connectivity index (χ1v) is 6.24. The van der Waals surface area contributed by atoms with Crippen molar-refractivity contribution in [2.45, 2.75) is 13.3 Å². The lowest BCUT2D eigenvalue weighted by Crippen LogP contribution is -2.39. The van der Waals surface area contributed by atoms with E-state index in [1.165, 1.54) is 0 Å². The Kier molecular flexibility index (Phi) is 3.59. The summed E-state index contributed by atoms with van der Waals surface area (Å²) in [5.41, 5.74) is -0.444. The van der Waals surface area contributed by atoms with Crippen molar-refractivity contribution >= 4 is 35.1 Å². The number of halogens is 2.